The fraction of sp³-hybridized carbons (Fsp3) is 1.00. The van der Waals surface area contributed by atoms with Gasteiger partial charge in [0.25, 0.3) is 0 Å². The quantitative estimate of drug-likeness (QED) is 0.505. The van der Waals surface area contributed by atoms with Gasteiger partial charge in [0, 0.05) is 0 Å². The Hall–Kier alpha value is -0.110. The summed E-state index contributed by atoms with van der Waals surface area (Å²) in [6.45, 7) is 7.34. The van der Waals surface area contributed by atoms with E-state index < -0.39 is 0 Å². The first-order chi connectivity index (χ1) is 9.11. The summed E-state index contributed by atoms with van der Waals surface area (Å²) in [5.41, 5.74) is 0. The molecule has 1 nitrogen and oxygen atoms in total. The summed E-state index contributed by atoms with van der Waals surface area (Å²) in [6, 6.07) is 0. The van der Waals surface area contributed by atoms with Crippen molar-refractivity contribution in [2.75, 3.05) is 6.61 Å². The van der Waals surface area contributed by atoms with Gasteiger partial charge in [0.05, 0.1) is 6.61 Å². The Morgan fingerprint density at radius 3 is 2.16 bits per heavy atom. The van der Waals surface area contributed by atoms with Gasteiger partial charge >= 0.3 is 0 Å². The maximum Gasteiger partial charge on any atom is 0.0904 e. The summed E-state index contributed by atoms with van der Waals surface area (Å²) in [5.74, 6) is 3.10. The van der Waals surface area contributed by atoms with Crippen molar-refractivity contribution in [3.8, 4) is 0 Å². The molecule has 0 heterocycles. The summed E-state index contributed by atoms with van der Waals surface area (Å²) in [7, 11) is 0. The van der Waals surface area contributed by atoms with E-state index in [2.05, 4.69) is 25.7 Å². The van der Waals surface area contributed by atoms with Crippen LogP contribution in [0.4, 0.5) is 4.53 Å². The van der Waals surface area contributed by atoms with Crippen LogP contribution in [0.5, 0.6) is 0 Å². The third kappa shape index (κ3) is 7.91. The third-order valence-corrected chi connectivity index (χ3v) is 4.81. The summed E-state index contributed by atoms with van der Waals surface area (Å²) < 4.78 is 11.8. The highest BCUT2D eigenvalue weighted by Gasteiger charge is 2.21. The van der Waals surface area contributed by atoms with Gasteiger partial charge in [-0.25, -0.2) is 0 Å². The van der Waals surface area contributed by atoms with Crippen LogP contribution in [-0.4, -0.2) is 6.61 Å². The van der Waals surface area contributed by atoms with Gasteiger partial charge in [0.1, 0.15) is 0 Å². The van der Waals surface area contributed by atoms with Gasteiger partial charge in [0.15, 0.2) is 0 Å². The largest absolute Gasteiger partial charge is 0.194 e. The van der Waals surface area contributed by atoms with Gasteiger partial charge in [-0.15, -0.1) is 0 Å². The lowest BCUT2D eigenvalue weighted by molar-refractivity contribution is -0.148. The molecule has 1 atom stereocenters. The van der Waals surface area contributed by atoms with Crippen molar-refractivity contribution in [1.29, 1.82) is 0 Å². The fourth-order valence-electron chi connectivity index (χ4n) is 3.32. The van der Waals surface area contributed by atoms with Crippen molar-refractivity contribution in [3.05, 3.63) is 0 Å². The third-order valence-electron chi connectivity index (χ3n) is 4.81. The minimum Gasteiger partial charge on any atom is -0.194 e. The van der Waals surface area contributed by atoms with Crippen LogP contribution in [0.1, 0.15) is 78.6 Å². The molecule has 0 bridgehead atoms. The molecule has 0 aromatic heterocycles. The van der Waals surface area contributed by atoms with Crippen molar-refractivity contribution in [2.24, 2.45) is 23.7 Å². The van der Waals surface area contributed by atoms with E-state index in [-0.39, 0.29) is 0 Å². The number of hydrogen-bond donors (Lipinski definition) is 0. The standard InChI is InChI=1S/C17H33FO/c1-14(2)5-4-6-15(3)7-8-16-9-11-17(12-10-16)13-19-18/h14-17H,4-13H2,1-3H3. The van der Waals surface area contributed by atoms with Crippen LogP contribution in [0.15, 0.2) is 0 Å². The van der Waals surface area contributed by atoms with Crippen molar-refractivity contribution < 1.29 is 9.47 Å². The zero-order valence-electron chi connectivity index (χ0n) is 13.2. The summed E-state index contributed by atoms with van der Waals surface area (Å²) >= 11 is 0. The van der Waals surface area contributed by atoms with Crippen molar-refractivity contribution >= 4 is 0 Å². The van der Waals surface area contributed by atoms with Crippen LogP contribution >= 0.6 is 0 Å². The maximum absolute atomic E-state index is 11.8. The van der Waals surface area contributed by atoms with E-state index in [0.717, 1.165) is 30.6 Å². The number of rotatable bonds is 9. The molecule has 0 radical (unpaired) electrons. The highest BCUT2D eigenvalue weighted by Crippen LogP contribution is 2.33. The molecule has 1 fully saturated rings. The van der Waals surface area contributed by atoms with Gasteiger partial charge in [-0.05, 0) is 41.0 Å². The molecule has 1 rings (SSSR count). The SMILES string of the molecule is CC(C)CCCC(C)CCC1CCC(COF)CC1. The van der Waals surface area contributed by atoms with Crippen molar-refractivity contribution in [1.82, 2.24) is 0 Å². The molecule has 0 aromatic rings. The Morgan fingerprint density at radius 2 is 1.58 bits per heavy atom. The molecule has 1 saturated carbocycles. The molecule has 19 heavy (non-hydrogen) atoms. The Bertz CT molecular complexity index is 209. The van der Waals surface area contributed by atoms with Crippen molar-refractivity contribution in [3.63, 3.8) is 0 Å². The van der Waals surface area contributed by atoms with Crippen LogP contribution in [-0.2, 0) is 4.94 Å². The van der Waals surface area contributed by atoms with E-state index in [1.165, 1.54) is 44.9 Å². The second-order valence-corrected chi connectivity index (χ2v) is 7.17. The first-order valence-corrected chi connectivity index (χ1v) is 8.35. The molecule has 0 saturated heterocycles. The van der Waals surface area contributed by atoms with E-state index in [0.29, 0.717) is 12.5 Å². The summed E-state index contributed by atoms with van der Waals surface area (Å²) in [6.07, 6.45) is 11.8. The predicted molar refractivity (Wildman–Crippen MR) is 79.6 cm³/mol. The van der Waals surface area contributed by atoms with Crippen LogP contribution < -0.4 is 0 Å². The normalized spacial score (nSPS) is 25.7. The fourth-order valence-corrected chi connectivity index (χ4v) is 3.32. The molecule has 1 aliphatic rings. The van der Waals surface area contributed by atoms with Crippen LogP contribution in [0, 0.1) is 23.7 Å². The lowest BCUT2D eigenvalue weighted by Gasteiger charge is -2.28. The minimum atomic E-state index is 0.318. The van der Waals surface area contributed by atoms with E-state index >= 15 is 0 Å². The van der Waals surface area contributed by atoms with Gasteiger partial charge in [-0.3, -0.25) is 0 Å². The first-order valence-electron chi connectivity index (χ1n) is 8.35. The van der Waals surface area contributed by atoms with E-state index in [9.17, 15) is 4.53 Å². The Kier molecular flexibility index (Phi) is 8.69. The monoisotopic (exact) mass is 272 g/mol. The van der Waals surface area contributed by atoms with E-state index in [1.54, 1.807) is 0 Å². The Morgan fingerprint density at radius 1 is 0.947 bits per heavy atom. The van der Waals surface area contributed by atoms with Crippen LogP contribution in [0.2, 0.25) is 0 Å². The van der Waals surface area contributed by atoms with E-state index in [4.69, 9.17) is 0 Å². The Balaban J connectivity index is 2.03. The Labute approximate surface area is 119 Å². The first kappa shape index (κ1) is 16.9. The molecule has 1 unspecified atom stereocenters. The average Bonchev–Trinajstić information content (AvgIpc) is 2.38. The minimum absolute atomic E-state index is 0.318. The lowest BCUT2D eigenvalue weighted by atomic mass is 9.79. The zero-order chi connectivity index (χ0) is 14.1. The average molecular weight is 272 g/mol. The maximum atomic E-state index is 11.8. The highest BCUT2D eigenvalue weighted by atomic mass is 19.3. The van der Waals surface area contributed by atoms with Crippen LogP contribution in [0.25, 0.3) is 0 Å². The molecular weight excluding hydrogens is 239 g/mol. The second kappa shape index (κ2) is 9.74. The smallest absolute Gasteiger partial charge is 0.0904 e. The molecule has 0 aliphatic heterocycles. The van der Waals surface area contributed by atoms with E-state index in [1.807, 2.05) is 0 Å². The molecule has 0 spiro atoms. The number of halogens is 1. The second-order valence-electron chi connectivity index (χ2n) is 7.17. The highest BCUT2D eigenvalue weighted by molar-refractivity contribution is 4.73. The predicted octanol–water partition coefficient (Wildman–Crippen LogP) is 5.94. The lowest BCUT2D eigenvalue weighted by Crippen LogP contribution is -2.18. The van der Waals surface area contributed by atoms with Gasteiger partial charge in [-0.1, -0.05) is 65.7 Å². The van der Waals surface area contributed by atoms with Gasteiger partial charge < -0.3 is 0 Å². The van der Waals surface area contributed by atoms with Gasteiger partial charge in [-0.2, -0.15) is 4.94 Å². The topological polar surface area (TPSA) is 9.23 Å². The number of hydrogen-bond acceptors (Lipinski definition) is 1. The molecule has 114 valence electrons. The van der Waals surface area contributed by atoms with Gasteiger partial charge in [0.2, 0.25) is 0 Å². The molecular formula is C17H33FO. The molecule has 2 heteroatoms. The molecule has 0 aromatic carbocycles. The summed E-state index contributed by atoms with van der Waals surface area (Å²) in [4.78, 5) is 3.78. The molecule has 0 N–H and O–H groups in total. The van der Waals surface area contributed by atoms with Crippen LogP contribution in [0.3, 0.4) is 0 Å². The summed E-state index contributed by atoms with van der Waals surface area (Å²) in [5, 5.41) is 0. The zero-order valence-corrected chi connectivity index (χ0v) is 13.2. The molecule has 0 amide bonds. The van der Waals surface area contributed by atoms with Crippen molar-refractivity contribution in [2.45, 2.75) is 78.6 Å². The molecule has 1 aliphatic carbocycles.